The third-order valence-corrected chi connectivity index (χ3v) is 3.68. The third-order valence-electron chi connectivity index (χ3n) is 3.68. The summed E-state index contributed by atoms with van der Waals surface area (Å²) in [4.78, 5) is 7.82. The highest BCUT2D eigenvalue weighted by Crippen LogP contribution is 2.31. The van der Waals surface area contributed by atoms with Gasteiger partial charge in [-0.05, 0) is 12.1 Å². The van der Waals surface area contributed by atoms with Crippen LogP contribution in [-0.2, 0) is 14.2 Å². The minimum atomic E-state index is 0.557. The molecule has 0 saturated carbocycles. The largest absolute Gasteiger partial charge is 0.408 e. The van der Waals surface area contributed by atoms with Gasteiger partial charge in [-0.25, -0.2) is 0 Å². The summed E-state index contributed by atoms with van der Waals surface area (Å²) in [6, 6.07) is 12.3. The number of hydroxylamine groups is 1. The van der Waals surface area contributed by atoms with Crippen LogP contribution in [0, 0.1) is 0 Å². The summed E-state index contributed by atoms with van der Waals surface area (Å²) in [5, 5.41) is 2.24. The van der Waals surface area contributed by atoms with Crippen molar-refractivity contribution in [3.63, 3.8) is 0 Å². The van der Waals surface area contributed by atoms with E-state index >= 15 is 0 Å². The quantitative estimate of drug-likeness (QED) is 0.470. The van der Waals surface area contributed by atoms with Crippen LogP contribution in [0.3, 0.4) is 0 Å². The summed E-state index contributed by atoms with van der Waals surface area (Å²) in [6.07, 6.45) is 0. The van der Waals surface area contributed by atoms with Crippen LogP contribution in [0.1, 0.15) is 0 Å². The summed E-state index contributed by atoms with van der Waals surface area (Å²) in [5.74, 6) is 0.809. The van der Waals surface area contributed by atoms with E-state index in [1.165, 1.54) is 5.69 Å². The molecule has 138 valence electrons. The van der Waals surface area contributed by atoms with Crippen LogP contribution < -0.4 is 15.2 Å². The van der Waals surface area contributed by atoms with Gasteiger partial charge < -0.3 is 23.9 Å². The lowest BCUT2D eigenvalue weighted by atomic mass is 10.1. The molecule has 0 saturated heterocycles. The second-order valence-electron chi connectivity index (χ2n) is 5.74. The second kappa shape index (κ2) is 10.9. The fourth-order valence-corrected chi connectivity index (χ4v) is 2.45. The van der Waals surface area contributed by atoms with E-state index in [-0.39, 0.29) is 0 Å². The van der Waals surface area contributed by atoms with Crippen molar-refractivity contribution in [2.75, 3.05) is 65.7 Å². The molecule has 0 atom stereocenters. The number of anilines is 1. The molecule has 0 aliphatic heterocycles. The molecule has 0 aliphatic rings. The standard InChI is InChI=1S/C19H28N2O4/c1-21(2)18-8-4-7-17-16(18)6-5-9-19(17)25-20-10-11-23-14-15-24-13-12-22-3/h4-9,20H,10-15H2,1-3H3. The van der Waals surface area contributed by atoms with E-state index in [1.54, 1.807) is 7.11 Å². The molecule has 1 N–H and O–H groups in total. The number of hydrogen-bond acceptors (Lipinski definition) is 6. The van der Waals surface area contributed by atoms with Crippen LogP contribution in [0.5, 0.6) is 5.75 Å². The highest BCUT2D eigenvalue weighted by Gasteiger charge is 2.07. The van der Waals surface area contributed by atoms with Crippen molar-refractivity contribution < 1.29 is 19.0 Å². The Hall–Kier alpha value is -1.86. The molecule has 0 radical (unpaired) electrons. The van der Waals surface area contributed by atoms with Crippen LogP contribution >= 0.6 is 0 Å². The van der Waals surface area contributed by atoms with Gasteiger partial charge in [0.1, 0.15) is 0 Å². The fraction of sp³-hybridized carbons (Fsp3) is 0.474. The normalized spacial score (nSPS) is 11.0. The minimum absolute atomic E-state index is 0.557. The Labute approximate surface area is 149 Å². The Balaban J connectivity index is 1.74. The summed E-state index contributed by atoms with van der Waals surface area (Å²) in [7, 11) is 5.73. The molecule has 0 aliphatic carbocycles. The smallest absolute Gasteiger partial charge is 0.155 e. The maximum absolute atomic E-state index is 5.72. The molecular formula is C19H28N2O4. The first kappa shape index (κ1) is 19.5. The first-order valence-corrected chi connectivity index (χ1v) is 8.47. The molecule has 6 nitrogen and oxygen atoms in total. The summed E-state index contributed by atoms with van der Waals surface area (Å²) >= 11 is 0. The molecule has 2 aromatic carbocycles. The topological polar surface area (TPSA) is 52.2 Å². The number of rotatable bonds is 12. The van der Waals surface area contributed by atoms with Crippen molar-refractivity contribution in [1.82, 2.24) is 5.48 Å². The maximum atomic E-state index is 5.72. The van der Waals surface area contributed by atoms with E-state index in [0.717, 1.165) is 16.5 Å². The monoisotopic (exact) mass is 348 g/mol. The van der Waals surface area contributed by atoms with Gasteiger partial charge in [0, 0.05) is 37.7 Å². The van der Waals surface area contributed by atoms with Crippen molar-refractivity contribution in [2.45, 2.75) is 0 Å². The van der Waals surface area contributed by atoms with E-state index in [1.807, 2.05) is 32.3 Å². The van der Waals surface area contributed by atoms with E-state index in [4.69, 9.17) is 19.0 Å². The van der Waals surface area contributed by atoms with Crippen LogP contribution in [0.15, 0.2) is 36.4 Å². The molecule has 2 aromatic rings. The average Bonchev–Trinajstić information content (AvgIpc) is 2.62. The molecule has 0 bridgehead atoms. The van der Waals surface area contributed by atoms with Crippen LogP contribution in [-0.4, -0.2) is 60.8 Å². The Morgan fingerprint density at radius 3 is 2.28 bits per heavy atom. The highest BCUT2D eigenvalue weighted by atomic mass is 16.6. The van der Waals surface area contributed by atoms with Crippen molar-refractivity contribution >= 4 is 16.5 Å². The molecule has 25 heavy (non-hydrogen) atoms. The molecule has 6 heteroatoms. The maximum Gasteiger partial charge on any atom is 0.155 e. The molecule has 0 spiro atoms. The van der Waals surface area contributed by atoms with Gasteiger partial charge in [-0.1, -0.05) is 24.3 Å². The first-order chi connectivity index (χ1) is 12.2. The summed E-state index contributed by atoms with van der Waals surface area (Å²) in [6.45, 7) is 3.49. The molecule has 0 unspecified atom stereocenters. The van der Waals surface area contributed by atoms with Crippen molar-refractivity contribution in [2.24, 2.45) is 0 Å². The van der Waals surface area contributed by atoms with Crippen molar-refractivity contribution in [1.29, 1.82) is 0 Å². The number of hydrogen-bond donors (Lipinski definition) is 1. The lowest BCUT2D eigenvalue weighted by molar-refractivity contribution is 0.0208. The lowest BCUT2D eigenvalue weighted by Gasteiger charge is -2.17. The highest BCUT2D eigenvalue weighted by molar-refractivity contribution is 5.97. The predicted molar refractivity (Wildman–Crippen MR) is 100 cm³/mol. The first-order valence-electron chi connectivity index (χ1n) is 8.47. The van der Waals surface area contributed by atoms with E-state index in [2.05, 4.69) is 28.6 Å². The molecule has 0 aromatic heterocycles. The average molecular weight is 348 g/mol. The molecule has 0 amide bonds. The SMILES string of the molecule is COCCOCCOCCNOc1cccc2c(N(C)C)cccc12. The van der Waals surface area contributed by atoms with Gasteiger partial charge >= 0.3 is 0 Å². The molecular weight excluding hydrogens is 320 g/mol. The van der Waals surface area contributed by atoms with E-state index in [9.17, 15) is 0 Å². The zero-order valence-corrected chi connectivity index (χ0v) is 15.3. The molecule has 2 rings (SSSR count). The second-order valence-corrected chi connectivity index (χ2v) is 5.74. The number of benzene rings is 2. The van der Waals surface area contributed by atoms with Gasteiger partial charge in [-0.2, -0.15) is 5.48 Å². The van der Waals surface area contributed by atoms with Crippen molar-refractivity contribution in [3.8, 4) is 5.75 Å². The Morgan fingerprint density at radius 2 is 1.52 bits per heavy atom. The Morgan fingerprint density at radius 1 is 0.840 bits per heavy atom. The zero-order chi connectivity index (χ0) is 17.9. The number of methoxy groups -OCH3 is 1. The predicted octanol–water partition coefficient (Wildman–Crippen LogP) is 2.47. The Bertz CT molecular complexity index is 634. The summed E-state index contributed by atoms with van der Waals surface area (Å²) in [5.41, 5.74) is 4.12. The molecule has 0 fully saturated rings. The zero-order valence-electron chi connectivity index (χ0n) is 15.3. The van der Waals surface area contributed by atoms with Gasteiger partial charge in [0.25, 0.3) is 0 Å². The Kier molecular flexibility index (Phi) is 8.48. The third kappa shape index (κ3) is 6.17. The van der Waals surface area contributed by atoms with Gasteiger partial charge in [0.15, 0.2) is 5.75 Å². The summed E-state index contributed by atoms with van der Waals surface area (Å²) < 4.78 is 15.7. The number of nitrogens with zero attached hydrogens (tertiary/aromatic N) is 1. The van der Waals surface area contributed by atoms with Gasteiger partial charge in [0.05, 0.1) is 39.6 Å². The van der Waals surface area contributed by atoms with Crippen LogP contribution in [0.4, 0.5) is 5.69 Å². The number of ether oxygens (including phenoxy) is 3. The minimum Gasteiger partial charge on any atom is -0.408 e. The van der Waals surface area contributed by atoms with E-state index in [0.29, 0.717) is 39.6 Å². The fourth-order valence-electron chi connectivity index (χ4n) is 2.45. The number of fused-ring (bicyclic) bond motifs is 1. The molecule has 0 heterocycles. The van der Waals surface area contributed by atoms with Crippen LogP contribution in [0.25, 0.3) is 10.8 Å². The van der Waals surface area contributed by atoms with Crippen LogP contribution in [0.2, 0.25) is 0 Å². The van der Waals surface area contributed by atoms with Gasteiger partial charge in [-0.3, -0.25) is 0 Å². The lowest BCUT2D eigenvalue weighted by Crippen LogP contribution is -2.24. The van der Waals surface area contributed by atoms with Gasteiger partial charge in [-0.15, -0.1) is 0 Å². The number of nitrogens with one attached hydrogen (secondary N) is 1. The van der Waals surface area contributed by atoms with E-state index < -0.39 is 0 Å². The van der Waals surface area contributed by atoms with Gasteiger partial charge in [0.2, 0.25) is 0 Å². The van der Waals surface area contributed by atoms with Crippen molar-refractivity contribution in [3.05, 3.63) is 36.4 Å².